The van der Waals surface area contributed by atoms with Gasteiger partial charge in [-0.2, -0.15) is 0 Å². The molecule has 1 N–H and O–H groups in total. The van der Waals surface area contributed by atoms with Crippen molar-refractivity contribution in [3.8, 4) is 11.5 Å². The number of phenolic OH excluding ortho intramolecular Hbond substituents is 1. The van der Waals surface area contributed by atoms with E-state index in [1.807, 2.05) is 55.5 Å². The monoisotopic (exact) mass is 430 g/mol. The summed E-state index contributed by atoms with van der Waals surface area (Å²) in [6, 6.07) is 21.7. The van der Waals surface area contributed by atoms with Crippen molar-refractivity contribution in [2.45, 2.75) is 6.92 Å². The topological polar surface area (TPSA) is 55.2 Å². The maximum absolute atomic E-state index is 10.1. The number of fused-ring (bicyclic) bond motifs is 2. The fourth-order valence-corrected chi connectivity index (χ4v) is 5.28. The largest absolute Gasteiger partial charge is 0.504 e. The Labute approximate surface area is 181 Å². The second-order valence-electron chi connectivity index (χ2n) is 6.69. The number of hydrogen-bond donors (Lipinski definition) is 1. The standard InChI is InChI=1S/C24H18N2O2S2/c1-2-28-20-14-15(11-12-19(20)27)13-16(23-25-17-7-3-5-9-21(17)29-23)24-26-18-8-4-6-10-22(18)30-24/h3-14,27H,2H2,1H3. The van der Waals surface area contributed by atoms with Crippen LogP contribution in [0.3, 0.4) is 0 Å². The molecule has 0 unspecified atom stereocenters. The fourth-order valence-electron chi connectivity index (χ4n) is 3.25. The number of phenols is 1. The van der Waals surface area contributed by atoms with Crippen LogP contribution in [0.25, 0.3) is 32.1 Å². The van der Waals surface area contributed by atoms with Gasteiger partial charge in [0.2, 0.25) is 0 Å². The van der Waals surface area contributed by atoms with Gasteiger partial charge in [0.15, 0.2) is 11.5 Å². The average Bonchev–Trinajstić information content (AvgIpc) is 3.38. The van der Waals surface area contributed by atoms with E-state index in [1.54, 1.807) is 28.7 Å². The summed E-state index contributed by atoms with van der Waals surface area (Å²) in [7, 11) is 0. The first-order valence-electron chi connectivity index (χ1n) is 9.60. The highest BCUT2D eigenvalue weighted by Crippen LogP contribution is 2.37. The van der Waals surface area contributed by atoms with Crippen LogP contribution in [0.4, 0.5) is 0 Å². The highest BCUT2D eigenvalue weighted by Gasteiger charge is 2.16. The lowest BCUT2D eigenvalue weighted by molar-refractivity contribution is 0.318. The molecule has 0 aliphatic rings. The highest BCUT2D eigenvalue weighted by atomic mass is 32.1. The average molecular weight is 431 g/mol. The van der Waals surface area contributed by atoms with E-state index in [1.165, 1.54) is 0 Å². The fraction of sp³-hybridized carbons (Fsp3) is 0.0833. The molecular formula is C24H18N2O2S2. The van der Waals surface area contributed by atoms with Gasteiger partial charge in [-0.05, 0) is 55.0 Å². The van der Waals surface area contributed by atoms with Crippen molar-refractivity contribution in [2.75, 3.05) is 6.61 Å². The Hall–Kier alpha value is -3.22. The number of rotatable bonds is 5. The summed E-state index contributed by atoms with van der Waals surface area (Å²) >= 11 is 3.31. The van der Waals surface area contributed by atoms with E-state index in [0.29, 0.717) is 12.4 Å². The van der Waals surface area contributed by atoms with Gasteiger partial charge in [-0.25, -0.2) is 9.97 Å². The summed E-state index contributed by atoms with van der Waals surface area (Å²) in [6.45, 7) is 2.39. The van der Waals surface area contributed by atoms with E-state index in [9.17, 15) is 5.11 Å². The third-order valence-corrected chi connectivity index (χ3v) is 6.78. The maximum Gasteiger partial charge on any atom is 0.161 e. The minimum absolute atomic E-state index is 0.135. The van der Waals surface area contributed by atoms with Crippen LogP contribution >= 0.6 is 22.7 Å². The van der Waals surface area contributed by atoms with Crippen LogP contribution in [-0.4, -0.2) is 21.7 Å². The maximum atomic E-state index is 10.1. The van der Waals surface area contributed by atoms with E-state index in [-0.39, 0.29) is 5.75 Å². The van der Waals surface area contributed by atoms with Crippen molar-refractivity contribution >= 4 is 54.8 Å². The molecule has 0 amide bonds. The van der Waals surface area contributed by atoms with Crippen LogP contribution < -0.4 is 4.74 Å². The van der Waals surface area contributed by atoms with Gasteiger partial charge in [-0.1, -0.05) is 30.3 Å². The van der Waals surface area contributed by atoms with Crippen molar-refractivity contribution in [1.82, 2.24) is 9.97 Å². The molecule has 0 fully saturated rings. The van der Waals surface area contributed by atoms with E-state index < -0.39 is 0 Å². The van der Waals surface area contributed by atoms with Gasteiger partial charge in [-0.3, -0.25) is 0 Å². The summed E-state index contributed by atoms with van der Waals surface area (Å²) in [6.07, 6.45) is 2.07. The molecular weight excluding hydrogens is 412 g/mol. The Bertz CT molecular complexity index is 1240. The minimum Gasteiger partial charge on any atom is -0.504 e. The summed E-state index contributed by atoms with van der Waals surface area (Å²) in [5.41, 5.74) is 3.84. The number of aromatic nitrogens is 2. The normalized spacial score (nSPS) is 11.1. The van der Waals surface area contributed by atoms with Crippen molar-refractivity contribution in [3.63, 3.8) is 0 Å². The van der Waals surface area contributed by atoms with E-state index in [0.717, 1.165) is 41.6 Å². The number of nitrogens with zero attached hydrogens (tertiary/aromatic N) is 2. The number of ether oxygens (including phenoxy) is 1. The first-order chi connectivity index (χ1) is 14.7. The Morgan fingerprint density at radius 2 is 1.50 bits per heavy atom. The first kappa shape index (κ1) is 18.8. The van der Waals surface area contributed by atoms with Gasteiger partial charge in [0, 0.05) is 5.57 Å². The van der Waals surface area contributed by atoms with Crippen LogP contribution in [0.2, 0.25) is 0 Å². The van der Waals surface area contributed by atoms with Gasteiger partial charge < -0.3 is 9.84 Å². The van der Waals surface area contributed by atoms with Crippen LogP contribution in [0.1, 0.15) is 22.5 Å². The summed E-state index contributed by atoms with van der Waals surface area (Å²) in [4.78, 5) is 9.74. The van der Waals surface area contributed by atoms with Crippen LogP contribution in [0.15, 0.2) is 66.7 Å². The molecule has 5 rings (SSSR count). The van der Waals surface area contributed by atoms with E-state index in [4.69, 9.17) is 14.7 Å². The van der Waals surface area contributed by atoms with Crippen LogP contribution in [0.5, 0.6) is 11.5 Å². The van der Waals surface area contributed by atoms with Crippen LogP contribution in [-0.2, 0) is 0 Å². The number of benzene rings is 3. The summed E-state index contributed by atoms with van der Waals surface area (Å²) in [5.74, 6) is 0.606. The number of aromatic hydroxyl groups is 1. The van der Waals surface area contributed by atoms with E-state index >= 15 is 0 Å². The van der Waals surface area contributed by atoms with Crippen molar-refractivity contribution in [2.24, 2.45) is 0 Å². The molecule has 0 radical (unpaired) electrons. The highest BCUT2D eigenvalue weighted by molar-refractivity contribution is 7.22. The molecule has 148 valence electrons. The third kappa shape index (κ3) is 3.56. The van der Waals surface area contributed by atoms with E-state index in [2.05, 4.69) is 18.2 Å². The molecule has 0 spiro atoms. The zero-order chi connectivity index (χ0) is 20.5. The molecule has 30 heavy (non-hydrogen) atoms. The Morgan fingerprint density at radius 1 is 0.900 bits per heavy atom. The SMILES string of the molecule is CCOc1cc(C=C(c2nc3ccccc3s2)c2nc3ccccc3s2)ccc1O. The third-order valence-electron chi connectivity index (χ3n) is 4.64. The molecule has 2 aromatic heterocycles. The molecule has 2 heterocycles. The lowest BCUT2D eigenvalue weighted by atomic mass is 10.1. The molecule has 0 saturated carbocycles. The van der Waals surface area contributed by atoms with Gasteiger partial charge >= 0.3 is 0 Å². The Balaban J connectivity index is 1.69. The summed E-state index contributed by atoms with van der Waals surface area (Å²) < 4.78 is 7.84. The smallest absolute Gasteiger partial charge is 0.161 e. The quantitative estimate of drug-likeness (QED) is 0.341. The first-order valence-corrected chi connectivity index (χ1v) is 11.2. The molecule has 3 aromatic carbocycles. The van der Waals surface area contributed by atoms with Gasteiger partial charge in [0.25, 0.3) is 0 Å². The van der Waals surface area contributed by atoms with Crippen molar-refractivity contribution in [3.05, 3.63) is 82.3 Å². The molecule has 0 aliphatic heterocycles. The van der Waals surface area contributed by atoms with Gasteiger partial charge in [0.05, 0.1) is 27.0 Å². The van der Waals surface area contributed by atoms with Crippen LogP contribution in [0, 0.1) is 0 Å². The molecule has 5 aromatic rings. The second kappa shape index (κ2) is 7.89. The predicted molar refractivity (Wildman–Crippen MR) is 125 cm³/mol. The lowest BCUT2D eigenvalue weighted by Gasteiger charge is -2.07. The lowest BCUT2D eigenvalue weighted by Crippen LogP contribution is -1.92. The molecule has 0 atom stereocenters. The zero-order valence-corrected chi connectivity index (χ0v) is 17.8. The zero-order valence-electron chi connectivity index (χ0n) is 16.2. The molecule has 6 heteroatoms. The van der Waals surface area contributed by atoms with Gasteiger partial charge in [-0.15, -0.1) is 22.7 Å². The Kier molecular flexibility index (Phi) is 4.94. The Morgan fingerprint density at radius 3 is 2.07 bits per heavy atom. The van der Waals surface area contributed by atoms with Crippen molar-refractivity contribution < 1.29 is 9.84 Å². The number of para-hydroxylation sites is 2. The summed E-state index contributed by atoms with van der Waals surface area (Å²) in [5, 5.41) is 11.9. The number of hydrogen-bond acceptors (Lipinski definition) is 6. The second-order valence-corrected chi connectivity index (χ2v) is 8.75. The van der Waals surface area contributed by atoms with Gasteiger partial charge in [0.1, 0.15) is 10.0 Å². The molecule has 0 saturated heterocycles. The number of thiazole rings is 2. The predicted octanol–water partition coefficient (Wildman–Crippen LogP) is 6.60. The molecule has 4 nitrogen and oxygen atoms in total. The van der Waals surface area contributed by atoms with Crippen molar-refractivity contribution in [1.29, 1.82) is 0 Å². The minimum atomic E-state index is 0.135. The molecule has 0 aliphatic carbocycles. The molecule has 0 bridgehead atoms.